The zero-order valence-corrected chi connectivity index (χ0v) is 19.4. The van der Waals surface area contributed by atoms with Crippen molar-refractivity contribution in [2.24, 2.45) is 0 Å². The summed E-state index contributed by atoms with van der Waals surface area (Å²) in [5.74, 6) is 2.08. The van der Waals surface area contributed by atoms with Crippen LogP contribution in [0, 0.1) is 0 Å². The Hall–Kier alpha value is -2.81. The number of ether oxygens (including phenoxy) is 5. The molecule has 2 aromatic rings. The first-order valence-corrected chi connectivity index (χ1v) is 12.1. The van der Waals surface area contributed by atoms with E-state index in [1.165, 1.54) is 0 Å². The normalized spacial score (nSPS) is 19.8. The summed E-state index contributed by atoms with van der Waals surface area (Å²) < 4.78 is 28.0. The molecule has 1 unspecified atom stereocenters. The number of fused-ring (bicyclic) bond motifs is 1. The Bertz CT molecular complexity index is 954. The van der Waals surface area contributed by atoms with Crippen molar-refractivity contribution >= 4 is 5.91 Å². The Kier molecular flexibility index (Phi) is 7.48. The van der Waals surface area contributed by atoms with Crippen LogP contribution in [0.5, 0.6) is 17.2 Å². The molecule has 3 aliphatic rings. The maximum Gasteiger partial charge on any atom is 0.254 e. The van der Waals surface area contributed by atoms with Crippen LogP contribution in [0.1, 0.15) is 28.8 Å². The molecule has 3 heterocycles. The van der Waals surface area contributed by atoms with Crippen molar-refractivity contribution in [1.82, 2.24) is 9.80 Å². The number of benzene rings is 2. The Morgan fingerprint density at radius 2 is 1.85 bits per heavy atom. The van der Waals surface area contributed by atoms with Gasteiger partial charge < -0.3 is 28.6 Å². The first kappa shape index (κ1) is 23.0. The molecule has 1 atom stereocenters. The number of nitrogens with zero attached hydrogens (tertiary/aromatic N) is 2. The van der Waals surface area contributed by atoms with E-state index in [1.807, 2.05) is 29.2 Å². The van der Waals surface area contributed by atoms with Crippen LogP contribution in [0.25, 0.3) is 0 Å². The van der Waals surface area contributed by atoms with Crippen LogP contribution in [0.15, 0.2) is 42.5 Å². The molecule has 0 bridgehead atoms. The predicted octanol–water partition coefficient (Wildman–Crippen LogP) is 2.95. The smallest absolute Gasteiger partial charge is 0.254 e. The molecule has 0 saturated carbocycles. The predicted molar refractivity (Wildman–Crippen MR) is 125 cm³/mol. The summed E-state index contributed by atoms with van der Waals surface area (Å²) in [7, 11) is 0. The van der Waals surface area contributed by atoms with E-state index < -0.39 is 0 Å². The van der Waals surface area contributed by atoms with E-state index in [4.69, 9.17) is 23.7 Å². The van der Waals surface area contributed by atoms with Crippen LogP contribution >= 0.6 is 0 Å². The number of hydrogen-bond acceptors (Lipinski definition) is 7. The van der Waals surface area contributed by atoms with E-state index in [2.05, 4.69) is 4.90 Å². The quantitative estimate of drug-likeness (QED) is 0.561. The van der Waals surface area contributed by atoms with Crippen LogP contribution in [0.4, 0.5) is 0 Å². The van der Waals surface area contributed by atoms with Crippen LogP contribution in [-0.4, -0.2) is 81.2 Å². The second kappa shape index (κ2) is 11.1. The SMILES string of the molecule is O=C(c1ccc2c(c1)OCO2)N(Cc1ccc(OCCN2CCOCC2)cc1)CC1CCCO1. The second-order valence-corrected chi connectivity index (χ2v) is 8.84. The number of hydrogen-bond donors (Lipinski definition) is 0. The van der Waals surface area contributed by atoms with Gasteiger partial charge in [0, 0.05) is 44.9 Å². The number of morpholine rings is 1. The molecular formula is C26H32N2O6. The minimum absolute atomic E-state index is 0.0420. The van der Waals surface area contributed by atoms with Crippen molar-refractivity contribution in [3.63, 3.8) is 0 Å². The number of carbonyl (C=O) groups excluding carboxylic acids is 1. The molecular weight excluding hydrogens is 436 g/mol. The van der Waals surface area contributed by atoms with Crippen molar-refractivity contribution in [2.45, 2.75) is 25.5 Å². The summed E-state index contributed by atoms with van der Waals surface area (Å²) in [6.45, 7) is 7.05. The first-order chi connectivity index (χ1) is 16.7. The highest BCUT2D eigenvalue weighted by atomic mass is 16.7. The molecule has 2 saturated heterocycles. The third-order valence-electron chi connectivity index (χ3n) is 6.43. The van der Waals surface area contributed by atoms with Gasteiger partial charge in [0.05, 0.1) is 19.3 Å². The summed E-state index contributed by atoms with van der Waals surface area (Å²) in [5.41, 5.74) is 1.64. The molecule has 5 rings (SSSR count). The fraction of sp³-hybridized carbons (Fsp3) is 0.500. The molecule has 0 spiro atoms. The number of rotatable bonds is 9. The molecule has 182 valence electrons. The molecule has 3 aliphatic heterocycles. The fourth-order valence-corrected chi connectivity index (χ4v) is 4.49. The van der Waals surface area contributed by atoms with E-state index >= 15 is 0 Å². The van der Waals surface area contributed by atoms with Crippen molar-refractivity contribution in [3.8, 4) is 17.2 Å². The van der Waals surface area contributed by atoms with Gasteiger partial charge in [0.1, 0.15) is 12.4 Å². The van der Waals surface area contributed by atoms with Crippen LogP contribution in [0.2, 0.25) is 0 Å². The zero-order chi connectivity index (χ0) is 23.2. The van der Waals surface area contributed by atoms with Crippen molar-refractivity contribution in [1.29, 1.82) is 0 Å². The minimum Gasteiger partial charge on any atom is -0.492 e. The Morgan fingerprint density at radius 3 is 2.65 bits per heavy atom. The fourth-order valence-electron chi connectivity index (χ4n) is 4.49. The number of amides is 1. The van der Waals surface area contributed by atoms with Gasteiger partial charge in [-0.05, 0) is 48.7 Å². The molecule has 0 aromatic heterocycles. The van der Waals surface area contributed by atoms with E-state index in [9.17, 15) is 4.79 Å². The van der Waals surface area contributed by atoms with Crippen molar-refractivity contribution in [3.05, 3.63) is 53.6 Å². The summed E-state index contributed by atoms with van der Waals surface area (Å²) in [6.07, 6.45) is 2.08. The lowest BCUT2D eigenvalue weighted by Gasteiger charge is -2.26. The highest BCUT2D eigenvalue weighted by Gasteiger charge is 2.25. The maximum absolute atomic E-state index is 13.4. The molecule has 8 heteroatoms. The monoisotopic (exact) mass is 468 g/mol. The number of carbonyl (C=O) groups is 1. The Morgan fingerprint density at radius 1 is 1.03 bits per heavy atom. The summed E-state index contributed by atoms with van der Waals surface area (Å²) >= 11 is 0. The Balaban J connectivity index is 1.21. The van der Waals surface area contributed by atoms with Crippen LogP contribution in [-0.2, 0) is 16.0 Å². The molecule has 2 aromatic carbocycles. The maximum atomic E-state index is 13.4. The topological polar surface area (TPSA) is 69.7 Å². The van der Waals surface area contributed by atoms with Gasteiger partial charge in [0.15, 0.2) is 11.5 Å². The summed E-state index contributed by atoms with van der Waals surface area (Å²) in [6, 6.07) is 13.4. The second-order valence-electron chi connectivity index (χ2n) is 8.84. The zero-order valence-electron chi connectivity index (χ0n) is 19.4. The van der Waals surface area contributed by atoms with E-state index in [1.54, 1.807) is 18.2 Å². The first-order valence-electron chi connectivity index (χ1n) is 12.1. The van der Waals surface area contributed by atoms with Crippen LogP contribution in [0.3, 0.4) is 0 Å². The van der Waals surface area contributed by atoms with Gasteiger partial charge in [-0.15, -0.1) is 0 Å². The standard InChI is InChI=1S/C26H32N2O6/c29-26(21-5-8-24-25(16-21)34-19-33-24)28(18-23-2-1-12-31-23)17-20-3-6-22(7-4-20)32-15-11-27-9-13-30-14-10-27/h3-8,16,23H,1-2,9-15,17-19H2. The third kappa shape index (κ3) is 5.81. The molecule has 1 amide bonds. The van der Waals surface area contributed by atoms with Crippen molar-refractivity contribution < 1.29 is 28.5 Å². The minimum atomic E-state index is -0.0420. The average Bonchev–Trinajstić information content (AvgIpc) is 3.56. The molecule has 0 aliphatic carbocycles. The molecule has 2 fully saturated rings. The van der Waals surface area contributed by atoms with Gasteiger partial charge in [-0.25, -0.2) is 0 Å². The Labute approximate surface area is 200 Å². The lowest BCUT2D eigenvalue weighted by molar-refractivity contribution is 0.0322. The summed E-state index contributed by atoms with van der Waals surface area (Å²) in [4.78, 5) is 17.6. The van der Waals surface area contributed by atoms with Gasteiger partial charge in [0.25, 0.3) is 5.91 Å². The molecule has 34 heavy (non-hydrogen) atoms. The third-order valence-corrected chi connectivity index (χ3v) is 6.43. The van der Waals surface area contributed by atoms with E-state index in [0.29, 0.717) is 36.8 Å². The molecule has 0 radical (unpaired) electrons. The molecule has 8 nitrogen and oxygen atoms in total. The molecule has 0 N–H and O–H groups in total. The highest BCUT2D eigenvalue weighted by molar-refractivity contribution is 5.95. The van der Waals surface area contributed by atoms with Crippen molar-refractivity contribution in [2.75, 3.05) is 59.4 Å². The van der Waals surface area contributed by atoms with E-state index in [0.717, 1.165) is 63.6 Å². The highest BCUT2D eigenvalue weighted by Crippen LogP contribution is 2.33. The van der Waals surface area contributed by atoms with Gasteiger partial charge in [-0.3, -0.25) is 9.69 Å². The average molecular weight is 469 g/mol. The van der Waals surface area contributed by atoms with Gasteiger partial charge >= 0.3 is 0 Å². The lowest BCUT2D eigenvalue weighted by atomic mass is 10.1. The van der Waals surface area contributed by atoms with Gasteiger partial charge in [-0.1, -0.05) is 12.1 Å². The summed E-state index contributed by atoms with van der Waals surface area (Å²) in [5, 5.41) is 0. The van der Waals surface area contributed by atoms with Gasteiger partial charge in [-0.2, -0.15) is 0 Å². The largest absolute Gasteiger partial charge is 0.492 e. The van der Waals surface area contributed by atoms with Gasteiger partial charge in [0.2, 0.25) is 6.79 Å². The van der Waals surface area contributed by atoms with Crippen LogP contribution < -0.4 is 14.2 Å². The van der Waals surface area contributed by atoms with E-state index in [-0.39, 0.29) is 18.8 Å². The lowest BCUT2D eigenvalue weighted by Crippen LogP contribution is -2.38.